The molecule has 1 N–H and O–H groups in total. The summed E-state index contributed by atoms with van der Waals surface area (Å²) in [6.45, 7) is 6.00. The molecule has 0 aliphatic carbocycles. The molecule has 0 bridgehead atoms. The maximum Gasteiger partial charge on any atom is 0.234 e. The van der Waals surface area contributed by atoms with E-state index in [0.717, 1.165) is 26.9 Å². The number of halogens is 1. The van der Waals surface area contributed by atoms with Crippen molar-refractivity contribution in [2.45, 2.75) is 13.0 Å². The Kier molecular flexibility index (Phi) is 7.98. The quantitative estimate of drug-likeness (QED) is 0.640. The molecule has 1 aromatic carbocycles. The van der Waals surface area contributed by atoms with Crippen LogP contribution in [0.3, 0.4) is 0 Å². The number of amides is 1. The van der Waals surface area contributed by atoms with Crippen LogP contribution in [0.1, 0.15) is 10.4 Å². The summed E-state index contributed by atoms with van der Waals surface area (Å²) in [5, 5.41) is 2.97. The Morgan fingerprint density at radius 2 is 2.16 bits per heavy atom. The zero-order valence-corrected chi connectivity index (χ0v) is 15.9. The van der Waals surface area contributed by atoms with E-state index in [1.54, 1.807) is 13.2 Å². The van der Waals surface area contributed by atoms with Gasteiger partial charge in [0.25, 0.3) is 0 Å². The molecular weight excluding hydrogens is 356 g/mol. The summed E-state index contributed by atoms with van der Waals surface area (Å²) in [5.74, 6) is 0.846. The van der Waals surface area contributed by atoms with E-state index >= 15 is 0 Å². The second-order valence-corrected chi connectivity index (χ2v) is 7.38. The van der Waals surface area contributed by atoms with Gasteiger partial charge in [-0.3, -0.25) is 9.69 Å². The van der Waals surface area contributed by atoms with Gasteiger partial charge in [0, 0.05) is 24.5 Å². The van der Waals surface area contributed by atoms with Gasteiger partial charge < -0.3 is 10.1 Å². The Bertz CT molecular complexity index is 702. The average Bonchev–Trinajstić information content (AvgIpc) is 3.00. The summed E-state index contributed by atoms with van der Waals surface area (Å²) in [5.41, 5.74) is 1.08. The van der Waals surface area contributed by atoms with E-state index in [-0.39, 0.29) is 5.91 Å². The summed E-state index contributed by atoms with van der Waals surface area (Å²) < 4.78 is 6.09. The monoisotopic (exact) mass is 378 g/mol. The Hall–Kier alpha value is -1.82. The van der Waals surface area contributed by atoms with Crippen molar-refractivity contribution >= 4 is 28.8 Å². The van der Waals surface area contributed by atoms with Crippen molar-refractivity contribution in [3.8, 4) is 5.75 Å². The van der Waals surface area contributed by atoms with Gasteiger partial charge >= 0.3 is 0 Å². The van der Waals surface area contributed by atoms with Gasteiger partial charge in [0.05, 0.1) is 18.0 Å². The van der Waals surface area contributed by atoms with E-state index in [9.17, 15) is 4.79 Å². The fourth-order valence-electron chi connectivity index (χ4n) is 2.53. The molecule has 4 nitrogen and oxygen atoms in total. The first-order valence-corrected chi connectivity index (χ1v) is 9.28. The van der Waals surface area contributed by atoms with Crippen LogP contribution in [0.25, 0.3) is 0 Å². The number of rotatable bonds is 10. The highest BCUT2D eigenvalue weighted by atomic mass is 35.5. The van der Waals surface area contributed by atoms with Gasteiger partial charge in [-0.2, -0.15) is 0 Å². The Labute approximate surface area is 158 Å². The first-order valence-electron chi connectivity index (χ1n) is 8.08. The average molecular weight is 379 g/mol. The number of thiophene rings is 1. The number of carbonyl (C=O) groups is 1. The highest BCUT2D eigenvalue weighted by Crippen LogP contribution is 2.22. The molecule has 0 saturated heterocycles. The van der Waals surface area contributed by atoms with Crippen molar-refractivity contribution < 1.29 is 9.53 Å². The van der Waals surface area contributed by atoms with E-state index in [1.165, 1.54) is 11.3 Å². The van der Waals surface area contributed by atoms with E-state index < -0.39 is 0 Å². The molecule has 0 aliphatic heterocycles. The molecule has 2 aromatic rings. The molecule has 0 spiro atoms. The van der Waals surface area contributed by atoms with Gasteiger partial charge in [-0.05, 0) is 30.2 Å². The fraction of sp³-hybridized carbons (Fsp3) is 0.316. The van der Waals surface area contributed by atoms with Gasteiger partial charge in [-0.25, -0.2) is 0 Å². The molecule has 2 rings (SSSR count). The number of benzene rings is 1. The minimum atomic E-state index is -0.000555. The van der Waals surface area contributed by atoms with E-state index in [4.69, 9.17) is 16.3 Å². The van der Waals surface area contributed by atoms with Crippen LogP contribution in [0.4, 0.5) is 0 Å². The zero-order valence-electron chi connectivity index (χ0n) is 14.3. The first kappa shape index (κ1) is 19.5. The Morgan fingerprint density at radius 1 is 1.36 bits per heavy atom. The predicted molar refractivity (Wildman–Crippen MR) is 105 cm³/mol. The zero-order chi connectivity index (χ0) is 18.1. The highest BCUT2D eigenvalue weighted by molar-refractivity contribution is 7.16. The fourth-order valence-corrected chi connectivity index (χ4v) is 3.66. The minimum absolute atomic E-state index is 0.000555. The number of hydrogen-bond donors (Lipinski definition) is 1. The van der Waals surface area contributed by atoms with Gasteiger partial charge in [-0.15, -0.1) is 17.9 Å². The molecule has 0 fully saturated rings. The summed E-state index contributed by atoms with van der Waals surface area (Å²) in [6.07, 6.45) is 2.54. The second-order valence-electron chi connectivity index (χ2n) is 5.58. The third-order valence-electron chi connectivity index (χ3n) is 3.67. The van der Waals surface area contributed by atoms with Crippen LogP contribution >= 0.6 is 22.9 Å². The van der Waals surface area contributed by atoms with Gasteiger partial charge in [0.2, 0.25) is 5.91 Å². The maximum atomic E-state index is 12.2. The van der Waals surface area contributed by atoms with Crippen molar-refractivity contribution in [3.05, 3.63) is 63.8 Å². The Morgan fingerprint density at radius 3 is 2.84 bits per heavy atom. The SMILES string of the molecule is C=CCN(CC(=O)NCCc1ccccc1OC)Cc1ccc(Cl)s1. The summed E-state index contributed by atoms with van der Waals surface area (Å²) >= 11 is 7.50. The van der Waals surface area contributed by atoms with Crippen molar-refractivity contribution in [3.63, 3.8) is 0 Å². The lowest BCUT2D eigenvalue weighted by atomic mass is 10.1. The smallest absolute Gasteiger partial charge is 0.234 e. The molecule has 1 aromatic heterocycles. The van der Waals surface area contributed by atoms with Crippen molar-refractivity contribution in [2.75, 3.05) is 26.7 Å². The summed E-state index contributed by atoms with van der Waals surface area (Å²) in [6, 6.07) is 11.7. The first-order chi connectivity index (χ1) is 12.1. The van der Waals surface area contributed by atoms with Gasteiger partial charge in [0.1, 0.15) is 5.75 Å². The van der Waals surface area contributed by atoms with Crippen LogP contribution in [0.15, 0.2) is 49.1 Å². The number of hydrogen-bond acceptors (Lipinski definition) is 4. The standard InChI is InChI=1S/C19H23ClN2O2S/c1-3-12-22(13-16-8-9-18(20)25-16)14-19(23)21-11-10-15-6-4-5-7-17(15)24-2/h3-9H,1,10-14H2,2H3,(H,21,23). The summed E-state index contributed by atoms with van der Waals surface area (Å²) in [4.78, 5) is 15.4. The molecule has 0 unspecified atom stereocenters. The van der Waals surface area contributed by atoms with E-state index in [1.807, 2.05) is 41.3 Å². The van der Waals surface area contributed by atoms with Gasteiger partial charge in [0.15, 0.2) is 0 Å². The van der Waals surface area contributed by atoms with Crippen LogP contribution in [0.2, 0.25) is 4.34 Å². The van der Waals surface area contributed by atoms with Crippen molar-refractivity contribution in [1.82, 2.24) is 10.2 Å². The van der Waals surface area contributed by atoms with E-state index in [0.29, 0.717) is 26.2 Å². The number of nitrogens with one attached hydrogen (secondary N) is 1. The van der Waals surface area contributed by atoms with Crippen molar-refractivity contribution in [2.24, 2.45) is 0 Å². The number of methoxy groups -OCH3 is 1. The largest absolute Gasteiger partial charge is 0.496 e. The number of para-hydroxylation sites is 1. The van der Waals surface area contributed by atoms with E-state index in [2.05, 4.69) is 11.9 Å². The molecule has 25 heavy (non-hydrogen) atoms. The Balaban J connectivity index is 1.81. The molecular formula is C19H23ClN2O2S. The lowest BCUT2D eigenvalue weighted by Gasteiger charge is -2.19. The molecule has 0 atom stereocenters. The molecule has 134 valence electrons. The number of nitrogens with zero attached hydrogens (tertiary/aromatic N) is 1. The highest BCUT2D eigenvalue weighted by Gasteiger charge is 2.11. The second kappa shape index (κ2) is 10.2. The molecule has 0 aliphatic rings. The lowest BCUT2D eigenvalue weighted by molar-refractivity contribution is -0.122. The van der Waals surface area contributed by atoms with Crippen LogP contribution in [-0.4, -0.2) is 37.6 Å². The molecule has 0 radical (unpaired) electrons. The lowest BCUT2D eigenvalue weighted by Crippen LogP contribution is -2.37. The van der Waals surface area contributed by atoms with Crippen LogP contribution < -0.4 is 10.1 Å². The molecule has 1 heterocycles. The molecule has 1 amide bonds. The minimum Gasteiger partial charge on any atom is -0.496 e. The number of carbonyl (C=O) groups excluding carboxylic acids is 1. The van der Waals surface area contributed by atoms with Gasteiger partial charge in [-0.1, -0.05) is 35.9 Å². The topological polar surface area (TPSA) is 41.6 Å². The van der Waals surface area contributed by atoms with Crippen LogP contribution in [0, 0.1) is 0 Å². The maximum absolute atomic E-state index is 12.2. The van der Waals surface area contributed by atoms with Crippen LogP contribution in [0.5, 0.6) is 5.75 Å². The summed E-state index contributed by atoms with van der Waals surface area (Å²) in [7, 11) is 1.65. The van der Waals surface area contributed by atoms with Crippen molar-refractivity contribution in [1.29, 1.82) is 0 Å². The normalized spacial score (nSPS) is 10.7. The molecule has 6 heteroatoms. The number of ether oxygens (including phenoxy) is 1. The predicted octanol–water partition coefficient (Wildman–Crippen LogP) is 3.76. The third-order valence-corrected chi connectivity index (χ3v) is 4.89. The molecule has 0 saturated carbocycles. The van der Waals surface area contributed by atoms with Crippen LogP contribution in [-0.2, 0) is 17.8 Å². The third kappa shape index (κ3) is 6.53.